The van der Waals surface area contributed by atoms with Crippen LogP contribution >= 0.6 is 0 Å². The van der Waals surface area contributed by atoms with E-state index >= 15 is 0 Å². The molecular weight excluding hydrogens is 266 g/mol. The molecule has 3 heterocycles. The average molecular weight is 283 g/mol. The van der Waals surface area contributed by atoms with Crippen molar-refractivity contribution >= 4 is 17.5 Å². The first-order valence-corrected chi connectivity index (χ1v) is 7.21. The molecule has 4 heteroatoms. The van der Waals surface area contributed by atoms with Crippen LogP contribution in [0.3, 0.4) is 0 Å². The van der Waals surface area contributed by atoms with Gasteiger partial charge in [-0.3, -0.25) is 9.59 Å². The molecule has 0 aliphatic carbocycles. The molecule has 3 aliphatic heterocycles. The van der Waals surface area contributed by atoms with Crippen LogP contribution in [0.1, 0.15) is 19.4 Å². The lowest BCUT2D eigenvalue weighted by Crippen LogP contribution is -2.39. The first kappa shape index (κ1) is 12.8. The third-order valence-electron chi connectivity index (χ3n) is 5.08. The highest BCUT2D eigenvalue weighted by Gasteiger charge is 2.70. The van der Waals surface area contributed by atoms with Crippen molar-refractivity contribution in [3.63, 3.8) is 0 Å². The number of carbonyl (C=O) groups excluding carboxylic acids is 2. The van der Waals surface area contributed by atoms with Crippen LogP contribution in [0.5, 0.6) is 0 Å². The Labute approximate surface area is 123 Å². The normalized spacial score (nSPS) is 40.2. The van der Waals surface area contributed by atoms with E-state index in [0.29, 0.717) is 5.69 Å². The Hall–Kier alpha value is -1.94. The van der Waals surface area contributed by atoms with Crippen molar-refractivity contribution in [2.24, 2.45) is 11.8 Å². The second kappa shape index (κ2) is 3.63. The van der Waals surface area contributed by atoms with Crippen LogP contribution in [-0.4, -0.2) is 23.0 Å². The van der Waals surface area contributed by atoms with Gasteiger partial charge >= 0.3 is 0 Å². The number of aryl methyl sites for hydroxylation is 1. The monoisotopic (exact) mass is 283 g/mol. The molecule has 1 aromatic rings. The topological polar surface area (TPSA) is 46.6 Å². The SMILES string of the molecule is Cc1ccccc1N1C(=O)[C@H]2[C@H](C1=O)[C@@]1(C)C=C[C@@]2(C)O1. The van der Waals surface area contributed by atoms with Gasteiger partial charge in [0.25, 0.3) is 0 Å². The van der Waals surface area contributed by atoms with Gasteiger partial charge in [0.05, 0.1) is 28.7 Å². The summed E-state index contributed by atoms with van der Waals surface area (Å²) in [6.07, 6.45) is 3.86. The van der Waals surface area contributed by atoms with Gasteiger partial charge < -0.3 is 4.74 Å². The smallest absolute Gasteiger partial charge is 0.241 e. The predicted molar refractivity (Wildman–Crippen MR) is 77.7 cm³/mol. The zero-order chi connectivity index (χ0) is 15.0. The van der Waals surface area contributed by atoms with E-state index in [2.05, 4.69) is 0 Å². The number of anilines is 1. The van der Waals surface area contributed by atoms with Gasteiger partial charge in [-0.15, -0.1) is 0 Å². The molecule has 4 rings (SSSR count). The molecule has 0 spiro atoms. The number of carbonyl (C=O) groups is 2. The minimum absolute atomic E-state index is 0.144. The van der Waals surface area contributed by atoms with Gasteiger partial charge in [-0.2, -0.15) is 0 Å². The van der Waals surface area contributed by atoms with Gasteiger partial charge in [0.15, 0.2) is 0 Å². The number of hydrogen-bond donors (Lipinski definition) is 0. The van der Waals surface area contributed by atoms with Crippen molar-refractivity contribution in [2.75, 3.05) is 4.90 Å². The first-order valence-electron chi connectivity index (χ1n) is 7.21. The number of benzene rings is 1. The molecule has 0 N–H and O–H groups in total. The largest absolute Gasteiger partial charge is 0.359 e. The minimum Gasteiger partial charge on any atom is -0.359 e. The lowest BCUT2D eigenvalue weighted by molar-refractivity contribution is -0.128. The van der Waals surface area contributed by atoms with Crippen LogP contribution in [0, 0.1) is 18.8 Å². The highest BCUT2D eigenvalue weighted by Crippen LogP contribution is 2.57. The summed E-state index contributed by atoms with van der Waals surface area (Å²) in [7, 11) is 0. The molecule has 0 saturated carbocycles. The molecule has 3 aliphatic rings. The van der Waals surface area contributed by atoms with Crippen molar-refractivity contribution in [1.29, 1.82) is 0 Å². The molecule has 0 aromatic heterocycles. The second-order valence-corrected chi connectivity index (χ2v) is 6.56. The molecule has 21 heavy (non-hydrogen) atoms. The predicted octanol–water partition coefficient (Wildman–Crippen LogP) is 2.22. The summed E-state index contributed by atoms with van der Waals surface area (Å²) in [6, 6.07) is 7.50. The summed E-state index contributed by atoms with van der Waals surface area (Å²) in [5, 5.41) is 0. The van der Waals surface area contributed by atoms with Crippen LogP contribution in [0.2, 0.25) is 0 Å². The fraction of sp³-hybridized carbons (Fsp3) is 0.412. The van der Waals surface area contributed by atoms with Crippen LogP contribution < -0.4 is 4.90 Å². The Morgan fingerprint density at radius 1 is 1.00 bits per heavy atom. The van der Waals surface area contributed by atoms with Crippen LogP contribution in [-0.2, 0) is 14.3 Å². The van der Waals surface area contributed by atoms with Gasteiger partial charge in [0.1, 0.15) is 0 Å². The first-order chi connectivity index (χ1) is 9.87. The van der Waals surface area contributed by atoms with Gasteiger partial charge in [-0.1, -0.05) is 30.4 Å². The Kier molecular flexibility index (Phi) is 2.21. The number of imide groups is 1. The lowest BCUT2D eigenvalue weighted by Gasteiger charge is -2.26. The van der Waals surface area contributed by atoms with Gasteiger partial charge in [-0.25, -0.2) is 4.90 Å². The van der Waals surface area contributed by atoms with Gasteiger partial charge in [0, 0.05) is 0 Å². The molecule has 0 radical (unpaired) electrons. The lowest BCUT2D eigenvalue weighted by atomic mass is 9.73. The molecule has 1 aromatic carbocycles. The summed E-state index contributed by atoms with van der Waals surface area (Å²) >= 11 is 0. The fourth-order valence-electron chi connectivity index (χ4n) is 4.08. The molecule has 2 fully saturated rings. The van der Waals surface area contributed by atoms with E-state index in [1.807, 2.05) is 57.2 Å². The summed E-state index contributed by atoms with van der Waals surface area (Å²) in [5.74, 6) is -1.12. The Morgan fingerprint density at radius 2 is 1.52 bits per heavy atom. The highest BCUT2D eigenvalue weighted by molar-refractivity contribution is 6.23. The zero-order valence-electron chi connectivity index (χ0n) is 12.3. The van der Waals surface area contributed by atoms with E-state index < -0.39 is 23.0 Å². The summed E-state index contributed by atoms with van der Waals surface area (Å²) in [5.41, 5.74) is 0.289. The molecule has 2 amide bonds. The molecule has 4 atom stereocenters. The van der Waals surface area contributed by atoms with E-state index in [0.717, 1.165) is 5.56 Å². The maximum atomic E-state index is 12.9. The zero-order valence-corrected chi connectivity index (χ0v) is 12.3. The maximum absolute atomic E-state index is 12.9. The Bertz CT molecular complexity index is 674. The summed E-state index contributed by atoms with van der Waals surface area (Å²) in [4.78, 5) is 27.1. The van der Waals surface area contributed by atoms with Gasteiger partial charge in [-0.05, 0) is 32.4 Å². The highest BCUT2D eigenvalue weighted by atomic mass is 16.5. The minimum atomic E-state index is -0.663. The third kappa shape index (κ3) is 1.38. The number of amides is 2. The number of para-hydroxylation sites is 1. The maximum Gasteiger partial charge on any atom is 0.241 e. The number of hydrogen-bond acceptors (Lipinski definition) is 3. The molecule has 2 bridgehead atoms. The number of ether oxygens (including phenoxy) is 1. The molecule has 108 valence electrons. The fourth-order valence-corrected chi connectivity index (χ4v) is 4.08. The van der Waals surface area contributed by atoms with E-state index in [9.17, 15) is 9.59 Å². The average Bonchev–Trinajstić information content (AvgIpc) is 2.97. The van der Waals surface area contributed by atoms with Crippen LogP contribution in [0.4, 0.5) is 5.69 Å². The number of rotatable bonds is 1. The van der Waals surface area contributed by atoms with E-state index in [-0.39, 0.29) is 11.8 Å². The van der Waals surface area contributed by atoms with E-state index in [4.69, 9.17) is 4.74 Å². The molecular formula is C17H17NO3. The van der Waals surface area contributed by atoms with Crippen molar-refractivity contribution in [1.82, 2.24) is 0 Å². The summed E-state index contributed by atoms with van der Waals surface area (Å²) < 4.78 is 5.99. The van der Waals surface area contributed by atoms with Crippen LogP contribution in [0.25, 0.3) is 0 Å². The van der Waals surface area contributed by atoms with Crippen molar-refractivity contribution in [3.05, 3.63) is 42.0 Å². The van der Waals surface area contributed by atoms with Crippen molar-refractivity contribution in [2.45, 2.75) is 32.0 Å². The third-order valence-corrected chi connectivity index (χ3v) is 5.08. The Balaban J connectivity index is 1.85. The quantitative estimate of drug-likeness (QED) is 0.586. The van der Waals surface area contributed by atoms with E-state index in [1.165, 1.54) is 4.90 Å². The summed E-state index contributed by atoms with van der Waals surface area (Å²) in [6.45, 7) is 5.70. The van der Waals surface area contributed by atoms with Gasteiger partial charge in [0.2, 0.25) is 11.8 Å². The van der Waals surface area contributed by atoms with Crippen molar-refractivity contribution in [3.8, 4) is 0 Å². The number of fused-ring (bicyclic) bond motifs is 5. The van der Waals surface area contributed by atoms with Crippen LogP contribution in [0.15, 0.2) is 36.4 Å². The second-order valence-electron chi connectivity index (χ2n) is 6.56. The number of nitrogens with zero attached hydrogens (tertiary/aromatic N) is 1. The molecule has 2 saturated heterocycles. The van der Waals surface area contributed by atoms with Crippen molar-refractivity contribution < 1.29 is 14.3 Å². The molecule has 0 unspecified atom stereocenters. The van der Waals surface area contributed by atoms with E-state index in [1.54, 1.807) is 0 Å². The Morgan fingerprint density at radius 3 is 2.05 bits per heavy atom. The standard InChI is InChI=1S/C17H17NO3/c1-10-6-4-5-7-11(10)18-14(19)12-13(15(18)20)17(3)9-8-16(12,2)21-17/h4-9,12-13H,1-3H3/t12-,13-,16-,17-/m1/s1. The molecule has 4 nitrogen and oxygen atoms in total.